The molecule has 0 aliphatic carbocycles. The van der Waals surface area contributed by atoms with Crippen LogP contribution in [0.25, 0.3) is 0 Å². The number of guanidine groups is 1. The van der Waals surface area contributed by atoms with E-state index in [0.29, 0.717) is 52.1 Å². The summed E-state index contributed by atoms with van der Waals surface area (Å²) in [5.41, 5.74) is 2.76. The lowest BCUT2D eigenvalue weighted by atomic mass is 10.1. The number of anilines is 5. The highest BCUT2D eigenvalue weighted by Crippen LogP contribution is 2.40. The van der Waals surface area contributed by atoms with Crippen molar-refractivity contribution in [3.05, 3.63) is 62.7 Å². The van der Waals surface area contributed by atoms with Gasteiger partial charge >= 0.3 is 0 Å². The van der Waals surface area contributed by atoms with Crippen LogP contribution in [0.1, 0.15) is 10.4 Å². The van der Waals surface area contributed by atoms with Gasteiger partial charge in [-0.2, -0.15) is 4.98 Å². The number of hydrogen-bond acceptors (Lipinski definition) is 8. The summed E-state index contributed by atoms with van der Waals surface area (Å²) in [6.07, 6.45) is 1.54. The summed E-state index contributed by atoms with van der Waals surface area (Å²) in [5.74, 6) is 1.02. The lowest BCUT2D eigenvalue weighted by Gasteiger charge is -2.35. The molecule has 9 nitrogen and oxygen atoms in total. The first-order chi connectivity index (χ1) is 17.9. The molecule has 37 heavy (non-hydrogen) atoms. The Morgan fingerprint density at radius 2 is 1.78 bits per heavy atom. The van der Waals surface area contributed by atoms with E-state index in [1.165, 1.54) is 11.1 Å². The van der Waals surface area contributed by atoms with Gasteiger partial charge in [0.2, 0.25) is 11.9 Å². The molecule has 0 saturated carbocycles. The second-order valence-corrected chi connectivity index (χ2v) is 10.7. The van der Waals surface area contributed by atoms with Crippen LogP contribution in [0.2, 0.25) is 10.0 Å². The number of fused-ring (bicyclic) bond motifs is 3. The van der Waals surface area contributed by atoms with E-state index in [0.717, 1.165) is 42.0 Å². The van der Waals surface area contributed by atoms with E-state index < -0.39 is 0 Å². The van der Waals surface area contributed by atoms with Crippen molar-refractivity contribution in [3.8, 4) is 0 Å². The van der Waals surface area contributed by atoms with E-state index in [-0.39, 0.29) is 5.91 Å². The number of piperazine rings is 1. The van der Waals surface area contributed by atoms with E-state index in [4.69, 9.17) is 28.2 Å². The summed E-state index contributed by atoms with van der Waals surface area (Å²) in [7, 11) is 2.14. The highest BCUT2D eigenvalue weighted by atomic mass is 79.9. The van der Waals surface area contributed by atoms with Gasteiger partial charge in [-0.1, -0.05) is 29.3 Å². The lowest BCUT2D eigenvalue weighted by Crippen LogP contribution is -2.51. The van der Waals surface area contributed by atoms with Gasteiger partial charge in [-0.05, 0) is 53.3 Å². The standard InChI is InChI=1S/C25H23BrCl2N8O/c1-33-9-11-34(12-10-33)20-6-5-15(13-17(20)26)31-24-30-14-16-22(32-24)35-8-7-29-25(35)36(23(16)37)21-18(27)3-2-4-19(21)28/h2-6,13-14H,7-12H2,1H3,(H,30,31,32). The number of aromatic nitrogens is 2. The largest absolute Gasteiger partial charge is 0.368 e. The van der Waals surface area contributed by atoms with Crippen LogP contribution in [0.3, 0.4) is 0 Å². The molecule has 1 N–H and O–H groups in total. The fraction of sp³-hybridized carbons (Fsp3) is 0.280. The number of nitrogens with zero attached hydrogens (tertiary/aromatic N) is 7. The van der Waals surface area contributed by atoms with Crippen molar-refractivity contribution in [2.45, 2.75) is 0 Å². The first-order valence-electron chi connectivity index (χ1n) is 11.9. The van der Waals surface area contributed by atoms with Gasteiger partial charge in [0.15, 0.2) is 5.82 Å². The molecule has 2 aromatic carbocycles. The maximum Gasteiger partial charge on any atom is 0.270 e. The van der Waals surface area contributed by atoms with Crippen LogP contribution in [-0.2, 0) is 0 Å². The summed E-state index contributed by atoms with van der Waals surface area (Å²) in [5, 5.41) is 4.00. The van der Waals surface area contributed by atoms with Gasteiger partial charge in [0, 0.05) is 49.1 Å². The lowest BCUT2D eigenvalue weighted by molar-refractivity contribution is 0.1000. The van der Waals surface area contributed by atoms with Gasteiger partial charge in [0.05, 0.1) is 28.0 Å². The van der Waals surface area contributed by atoms with Gasteiger partial charge in [-0.3, -0.25) is 14.7 Å². The van der Waals surface area contributed by atoms with E-state index in [2.05, 4.69) is 54.1 Å². The molecule has 190 valence electrons. The molecule has 0 bridgehead atoms. The number of carbonyl (C=O) groups is 1. The van der Waals surface area contributed by atoms with E-state index >= 15 is 0 Å². The number of para-hydroxylation sites is 1. The van der Waals surface area contributed by atoms with Crippen molar-refractivity contribution in [1.29, 1.82) is 0 Å². The second kappa shape index (κ2) is 9.75. The summed E-state index contributed by atoms with van der Waals surface area (Å²) in [4.78, 5) is 35.3. The third-order valence-electron chi connectivity index (χ3n) is 6.69. The molecule has 1 fully saturated rings. The zero-order valence-electron chi connectivity index (χ0n) is 20.0. The van der Waals surface area contributed by atoms with Crippen LogP contribution < -0.4 is 20.0 Å². The monoisotopic (exact) mass is 600 g/mol. The molecule has 3 aliphatic rings. The molecule has 0 atom stereocenters. The number of hydrogen-bond donors (Lipinski definition) is 1. The van der Waals surface area contributed by atoms with Gasteiger partial charge in [-0.15, -0.1) is 0 Å². The Morgan fingerprint density at radius 3 is 2.51 bits per heavy atom. The Morgan fingerprint density at radius 1 is 1.03 bits per heavy atom. The molecular weight excluding hydrogens is 579 g/mol. The fourth-order valence-corrected chi connectivity index (χ4v) is 5.95. The Balaban J connectivity index is 1.29. The number of likely N-dealkylation sites (N-methyl/N-ethyl adjacent to an activating group) is 1. The SMILES string of the molecule is CN1CCN(c2ccc(Nc3ncc4c(n3)N3CCN=C3N(c3c(Cl)cccc3Cl)C4=O)cc2Br)CC1. The van der Waals surface area contributed by atoms with Gasteiger partial charge < -0.3 is 15.1 Å². The number of carbonyl (C=O) groups excluding carboxylic acids is 1. The van der Waals surface area contributed by atoms with Crippen LogP contribution in [0.15, 0.2) is 52.1 Å². The van der Waals surface area contributed by atoms with Crippen LogP contribution in [0.5, 0.6) is 0 Å². The third-order valence-corrected chi connectivity index (χ3v) is 7.93. The maximum atomic E-state index is 13.6. The minimum Gasteiger partial charge on any atom is -0.368 e. The quantitative estimate of drug-likeness (QED) is 0.457. The summed E-state index contributed by atoms with van der Waals surface area (Å²) in [6.45, 7) is 5.15. The Hall–Kier alpha value is -2.92. The zero-order chi connectivity index (χ0) is 25.7. The number of benzene rings is 2. The Labute approximate surface area is 232 Å². The van der Waals surface area contributed by atoms with Crippen molar-refractivity contribution in [3.63, 3.8) is 0 Å². The van der Waals surface area contributed by atoms with Crippen molar-refractivity contribution in [1.82, 2.24) is 14.9 Å². The predicted molar refractivity (Wildman–Crippen MR) is 152 cm³/mol. The third kappa shape index (κ3) is 4.41. The topological polar surface area (TPSA) is 80.2 Å². The van der Waals surface area contributed by atoms with Gasteiger partial charge in [0.1, 0.15) is 5.56 Å². The van der Waals surface area contributed by atoms with E-state index in [1.54, 1.807) is 18.2 Å². The predicted octanol–water partition coefficient (Wildman–Crippen LogP) is 4.88. The summed E-state index contributed by atoms with van der Waals surface area (Å²) in [6, 6.07) is 11.3. The molecule has 0 unspecified atom stereocenters. The molecule has 1 aromatic heterocycles. The molecule has 12 heteroatoms. The van der Waals surface area contributed by atoms with E-state index in [1.807, 2.05) is 17.0 Å². The molecule has 3 aromatic rings. The first kappa shape index (κ1) is 24.4. The van der Waals surface area contributed by atoms with Crippen LogP contribution in [0.4, 0.5) is 28.8 Å². The average molecular weight is 602 g/mol. The summed E-state index contributed by atoms with van der Waals surface area (Å²) >= 11 is 16.6. The normalized spacial score (nSPS) is 17.6. The van der Waals surface area contributed by atoms with Crippen molar-refractivity contribution >= 4 is 79.8 Å². The maximum absolute atomic E-state index is 13.6. The minimum absolute atomic E-state index is 0.326. The molecule has 3 aliphatic heterocycles. The van der Waals surface area contributed by atoms with Crippen molar-refractivity contribution in [2.75, 3.05) is 66.3 Å². The first-order valence-corrected chi connectivity index (χ1v) is 13.4. The smallest absolute Gasteiger partial charge is 0.270 e. The molecule has 0 spiro atoms. The van der Waals surface area contributed by atoms with Gasteiger partial charge in [-0.25, -0.2) is 9.88 Å². The average Bonchev–Trinajstić information content (AvgIpc) is 3.36. The zero-order valence-corrected chi connectivity index (χ0v) is 23.1. The Kier molecular flexibility index (Phi) is 6.44. The number of rotatable bonds is 4. The molecule has 1 amide bonds. The van der Waals surface area contributed by atoms with Crippen LogP contribution in [0, 0.1) is 0 Å². The molecule has 6 rings (SSSR count). The highest BCUT2D eigenvalue weighted by Gasteiger charge is 2.41. The number of halogens is 3. The van der Waals surface area contributed by atoms with Crippen molar-refractivity contribution in [2.24, 2.45) is 4.99 Å². The van der Waals surface area contributed by atoms with Crippen molar-refractivity contribution < 1.29 is 4.79 Å². The number of nitrogens with one attached hydrogen (secondary N) is 1. The molecular formula is C25H23BrCl2N8O. The second-order valence-electron chi connectivity index (χ2n) is 9.06. The Bertz CT molecular complexity index is 1410. The molecule has 1 saturated heterocycles. The van der Waals surface area contributed by atoms with Crippen LogP contribution >= 0.6 is 39.1 Å². The molecule has 4 heterocycles. The fourth-order valence-electron chi connectivity index (χ4n) is 4.75. The summed E-state index contributed by atoms with van der Waals surface area (Å²) < 4.78 is 0.997. The number of amides is 1. The number of aliphatic imine (C=N–C) groups is 1. The minimum atomic E-state index is -0.326. The van der Waals surface area contributed by atoms with Crippen LogP contribution in [-0.4, -0.2) is 73.1 Å². The van der Waals surface area contributed by atoms with Gasteiger partial charge in [0.25, 0.3) is 5.91 Å². The highest BCUT2D eigenvalue weighted by molar-refractivity contribution is 9.10. The van der Waals surface area contributed by atoms with E-state index in [9.17, 15) is 4.79 Å². The molecule has 0 radical (unpaired) electrons.